The first-order valence-corrected chi connectivity index (χ1v) is 7.93. The maximum Gasteiger partial charge on any atom is 0.00853 e. The molecule has 0 spiro atoms. The molecule has 1 unspecified atom stereocenters. The van der Waals surface area contributed by atoms with Crippen molar-refractivity contribution in [2.45, 2.75) is 44.7 Å². The molecule has 2 heterocycles. The number of thioether (sulfide) groups is 1. The Balaban J connectivity index is 1.72. The van der Waals surface area contributed by atoms with Crippen LogP contribution in [0.2, 0.25) is 0 Å². The van der Waals surface area contributed by atoms with Crippen LogP contribution in [0.25, 0.3) is 0 Å². The van der Waals surface area contributed by atoms with Crippen molar-refractivity contribution in [1.82, 2.24) is 10.2 Å². The largest absolute Gasteiger partial charge is 0.311 e. The van der Waals surface area contributed by atoms with E-state index in [2.05, 4.69) is 35.9 Å². The zero-order valence-corrected chi connectivity index (χ0v) is 11.6. The lowest BCUT2D eigenvalue weighted by Crippen LogP contribution is -2.45. The van der Waals surface area contributed by atoms with Crippen LogP contribution in [0.4, 0.5) is 0 Å². The summed E-state index contributed by atoms with van der Waals surface area (Å²) in [5, 5.41) is 3.87. The smallest absolute Gasteiger partial charge is 0.00853 e. The van der Waals surface area contributed by atoms with Gasteiger partial charge in [0.1, 0.15) is 0 Å². The summed E-state index contributed by atoms with van der Waals surface area (Å²) in [6.45, 7) is 4.98. The lowest BCUT2D eigenvalue weighted by molar-refractivity contribution is 0.182. The summed E-state index contributed by atoms with van der Waals surface area (Å²) in [5.41, 5.74) is 0. The first kappa shape index (κ1) is 12.7. The summed E-state index contributed by atoms with van der Waals surface area (Å²) in [6.07, 6.45) is 5.52. The maximum atomic E-state index is 3.87. The third kappa shape index (κ3) is 3.64. The number of nitrogens with one attached hydrogen (secondary N) is 1. The van der Waals surface area contributed by atoms with Gasteiger partial charge in [-0.1, -0.05) is 0 Å². The van der Waals surface area contributed by atoms with Gasteiger partial charge in [-0.3, -0.25) is 0 Å². The van der Waals surface area contributed by atoms with E-state index in [9.17, 15) is 0 Å². The SMILES string of the molecule is CC(NC1CCSCC1)C1CCN(C)CC1. The lowest BCUT2D eigenvalue weighted by Gasteiger charge is -2.35. The number of hydrogen-bond donors (Lipinski definition) is 1. The van der Waals surface area contributed by atoms with Crippen LogP contribution in [-0.4, -0.2) is 48.6 Å². The molecule has 2 fully saturated rings. The second-order valence-electron chi connectivity index (χ2n) is 5.48. The Morgan fingerprint density at radius 3 is 2.38 bits per heavy atom. The van der Waals surface area contributed by atoms with Crippen molar-refractivity contribution in [3.05, 3.63) is 0 Å². The Hall–Kier alpha value is 0.270. The molecule has 2 aliphatic rings. The fraction of sp³-hybridized carbons (Fsp3) is 1.00. The molecule has 2 nitrogen and oxygen atoms in total. The number of nitrogens with zero attached hydrogens (tertiary/aromatic N) is 1. The van der Waals surface area contributed by atoms with Crippen LogP contribution >= 0.6 is 11.8 Å². The summed E-state index contributed by atoms with van der Waals surface area (Å²) in [7, 11) is 2.24. The van der Waals surface area contributed by atoms with E-state index in [1.165, 1.54) is 50.3 Å². The van der Waals surface area contributed by atoms with E-state index >= 15 is 0 Å². The van der Waals surface area contributed by atoms with Crippen LogP contribution in [0.1, 0.15) is 32.6 Å². The predicted octanol–water partition coefficient (Wildman–Crippen LogP) is 2.20. The summed E-state index contributed by atoms with van der Waals surface area (Å²) in [5.74, 6) is 3.63. The summed E-state index contributed by atoms with van der Waals surface area (Å²) in [6, 6.07) is 1.53. The highest BCUT2D eigenvalue weighted by Crippen LogP contribution is 2.22. The van der Waals surface area contributed by atoms with Gasteiger partial charge in [0.25, 0.3) is 0 Å². The molecule has 0 aromatic rings. The van der Waals surface area contributed by atoms with Crippen LogP contribution in [0.15, 0.2) is 0 Å². The Morgan fingerprint density at radius 1 is 1.12 bits per heavy atom. The van der Waals surface area contributed by atoms with Gasteiger partial charge in [-0.25, -0.2) is 0 Å². The summed E-state index contributed by atoms with van der Waals surface area (Å²) >= 11 is 2.11. The molecule has 94 valence electrons. The monoisotopic (exact) mass is 242 g/mol. The van der Waals surface area contributed by atoms with Crippen molar-refractivity contribution in [3.63, 3.8) is 0 Å². The minimum absolute atomic E-state index is 0.724. The zero-order valence-electron chi connectivity index (χ0n) is 10.7. The van der Waals surface area contributed by atoms with Crippen LogP contribution in [-0.2, 0) is 0 Å². The fourth-order valence-electron chi connectivity index (χ4n) is 2.90. The van der Waals surface area contributed by atoms with Crippen molar-refractivity contribution in [2.24, 2.45) is 5.92 Å². The van der Waals surface area contributed by atoms with Crippen LogP contribution in [0.5, 0.6) is 0 Å². The average Bonchev–Trinajstić information content (AvgIpc) is 2.31. The molecular weight excluding hydrogens is 216 g/mol. The van der Waals surface area contributed by atoms with Gasteiger partial charge >= 0.3 is 0 Å². The molecule has 3 heteroatoms. The van der Waals surface area contributed by atoms with E-state index in [0.29, 0.717) is 0 Å². The van der Waals surface area contributed by atoms with Crippen molar-refractivity contribution < 1.29 is 0 Å². The first-order valence-electron chi connectivity index (χ1n) is 6.78. The van der Waals surface area contributed by atoms with Crippen LogP contribution in [0.3, 0.4) is 0 Å². The molecule has 1 atom stereocenters. The molecule has 0 bridgehead atoms. The predicted molar refractivity (Wildman–Crippen MR) is 73.2 cm³/mol. The van der Waals surface area contributed by atoms with Gasteiger partial charge in [0.05, 0.1) is 0 Å². The Kier molecular flexibility index (Phi) is 4.98. The normalized spacial score (nSPS) is 28.1. The Bertz CT molecular complexity index is 196. The van der Waals surface area contributed by atoms with E-state index in [-0.39, 0.29) is 0 Å². The van der Waals surface area contributed by atoms with Crippen molar-refractivity contribution >= 4 is 11.8 Å². The molecule has 2 saturated heterocycles. The second-order valence-corrected chi connectivity index (χ2v) is 6.71. The summed E-state index contributed by atoms with van der Waals surface area (Å²) < 4.78 is 0. The Labute approximate surface area is 105 Å². The second kappa shape index (κ2) is 6.27. The molecule has 16 heavy (non-hydrogen) atoms. The van der Waals surface area contributed by atoms with Gasteiger partial charge < -0.3 is 10.2 Å². The van der Waals surface area contributed by atoms with Crippen LogP contribution in [0, 0.1) is 5.92 Å². The first-order chi connectivity index (χ1) is 7.75. The number of hydrogen-bond acceptors (Lipinski definition) is 3. The highest BCUT2D eigenvalue weighted by Gasteiger charge is 2.24. The highest BCUT2D eigenvalue weighted by atomic mass is 32.2. The lowest BCUT2D eigenvalue weighted by atomic mass is 9.90. The molecule has 0 amide bonds. The fourth-order valence-corrected chi connectivity index (χ4v) is 4.01. The van der Waals surface area contributed by atoms with E-state index in [4.69, 9.17) is 0 Å². The van der Waals surface area contributed by atoms with E-state index in [1.807, 2.05) is 0 Å². The van der Waals surface area contributed by atoms with E-state index < -0.39 is 0 Å². The summed E-state index contributed by atoms with van der Waals surface area (Å²) in [4.78, 5) is 2.46. The molecule has 0 saturated carbocycles. The van der Waals surface area contributed by atoms with Crippen LogP contribution < -0.4 is 5.32 Å². The minimum Gasteiger partial charge on any atom is -0.311 e. The number of piperidine rings is 1. The molecule has 0 radical (unpaired) electrons. The highest BCUT2D eigenvalue weighted by molar-refractivity contribution is 7.99. The van der Waals surface area contributed by atoms with Gasteiger partial charge in [-0.15, -0.1) is 0 Å². The number of likely N-dealkylation sites (tertiary alicyclic amines) is 1. The molecule has 2 rings (SSSR count). The molecule has 0 aliphatic carbocycles. The topological polar surface area (TPSA) is 15.3 Å². The van der Waals surface area contributed by atoms with Gasteiger partial charge in [0.15, 0.2) is 0 Å². The van der Waals surface area contributed by atoms with Gasteiger partial charge in [0.2, 0.25) is 0 Å². The zero-order chi connectivity index (χ0) is 11.4. The number of rotatable bonds is 3. The quantitative estimate of drug-likeness (QED) is 0.817. The van der Waals surface area contributed by atoms with Gasteiger partial charge in [-0.05, 0) is 70.2 Å². The molecular formula is C13H26N2S. The third-order valence-corrected chi connectivity index (χ3v) is 5.24. The molecule has 2 aliphatic heterocycles. The van der Waals surface area contributed by atoms with Crippen molar-refractivity contribution in [1.29, 1.82) is 0 Å². The Morgan fingerprint density at radius 2 is 1.75 bits per heavy atom. The maximum absolute atomic E-state index is 3.87. The van der Waals surface area contributed by atoms with E-state index in [1.54, 1.807) is 0 Å². The minimum atomic E-state index is 0.724. The molecule has 1 N–H and O–H groups in total. The standard InChI is InChI=1S/C13H26N2S/c1-11(12-3-7-15(2)8-4-12)14-13-5-9-16-10-6-13/h11-14H,3-10H2,1-2H3. The van der Waals surface area contributed by atoms with E-state index in [0.717, 1.165) is 18.0 Å². The van der Waals surface area contributed by atoms with Crippen molar-refractivity contribution in [2.75, 3.05) is 31.6 Å². The van der Waals surface area contributed by atoms with Gasteiger partial charge in [0, 0.05) is 12.1 Å². The molecule has 0 aromatic heterocycles. The third-order valence-electron chi connectivity index (χ3n) is 4.19. The molecule has 0 aromatic carbocycles. The van der Waals surface area contributed by atoms with Crippen molar-refractivity contribution in [3.8, 4) is 0 Å². The average molecular weight is 242 g/mol. The van der Waals surface area contributed by atoms with Gasteiger partial charge in [-0.2, -0.15) is 11.8 Å².